The molecule has 0 spiro atoms. The van der Waals surface area contributed by atoms with E-state index in [-0.39, 0.29) is 6.71 Å². The summed E-state index contributed by atoms with van der Waals surface area (Å²) in [5.41, 5.74) is 28.7. The Labute approximate surface area is 485 Å². The summed E-state index contributed by atoms with van der Waals surface area (Å²) < 4.78 is 0. The second-order valence-electron chi connectivity index (χ2n) is 21.6. The average Bonchev–Trinajstić information content (AvgIpc) is 2.61. The molecular weight excluding hydrogens is 1000 g/mol. The standard InChI is InChI=1S/C78H53BN4/c1-8-25-54(26-9-1)57-31-24-40-64(47-57)82-74-51-65(80(60-32-14-4-15-33-60)61-34-16-5-17-35-61)44-45-71(74)79-72-50-59(56-29-12-3-13-30-56)49-70-68-42-23-22-41-67(68)69-48-58(55-27-10-2-11-28-55)43-46-73(69)83(78(70)72)76-53-66(52-75(82)77(76)79)81(62-36-18-6-19-37-62)63-38-20-7-21-39-63/h1-53H. The van der Waals surface area contributed by atoms with Crippen LogP contribution in [0.2, 0.25) is 0 Å². The third-order valence-electron chi connectivity index (χ3n) is 16.9. The van der Waals surface area contributed by atoms with Crippen LogP contribution < -0.4 is 36.0 Å². The van der Waals surface area contributed by atoms with Gasteiger partial charge in [0.1, 0.15) is 0 Å². The van der Waals surface area contributed by atoms with E-state index in [0.29, 0.717) is 0 Å². The zero-order valence-corrected chi connectivity index (χ0v) is 45.5. The molecular formula is C78H53BN4. The van der Waals surface area contributed by atoms with Crippen molar-refractivity contribution in [1.29, 1.82) is 0 Å². The van der Waals surface area contributed by atoms with Crippen LogP contribution in [0.3, 0.4) is 0 Å². The maximum Gasteiger partial charge on any atom is 0.252 e. The van der Waals surface area contributed by atoms with E-state index >= 15 is 0 Å². The Hall–Kier alpha value is -10.9. The van der Waals surface area contributed by atoms with E-state index in [1.165, 1.54) is 66.6 Å². The predicted octanol–water partition coefficient (Wildman–Crippen LogP) is 19.4. The maximum atomic E-state index is 2.64. The first-order valence-corrected chi connectivity index (χ1v) is 28.6. The first-order chi connectivity index (χ1) is 41.2. The number of anilines is 12. The third-order valence-corrected chi connectivity index (χ3v) is 16.9. The van der Waals surface area contributed by atoms with Gasteiger partial charge in [0.25, 0.3) is 6.71 Å². The van der Waals surface area contributed by atoms with Gasteiger partial charge >= 0.3 is 0 Å². The largest absolute Gasteiger partial charge is 0.311 e. The molecule has 0 atom stereocenters. The Balaban J connectivity index is 1.06. The Kier molecular flexibility index (Phi) is 11.6. The van der Waals surface area contributed by atoms with Gasteiger partial charge in [-0.05, 0) is 164 Å². The second kappa shape index (κ2) is 20.0. The zero-order chi connectivity index (χ0) is 54.8. The Morgan fingerprint density at radius 2 is 0.663 bits per heavy atom. The van der Waals surface area contributed by atoms with Crippen molar-refractivity contribution in [2.75, 3.05) is 19.6 Å². The highest BCUT2D eigenvalue weighted by Gasteiger charge is 2.47. The molecule has 0 unspecified atom stereocenters. The van der Waals surface area contributed by atoms with Crippen molar-refractivity contribution in [1.82, 2.24) is 0 Å². The molecule has 13 aromatic rings. The van der Waals surface area contributed by atoms with Crippen LogP contribution in [-0.2, 0) is 0 Å². The van der Waals surface area contributed by atoms with Crippen molar-refractivity contribution < 1.29 is 0 Å². The van der Waals surface area contributed by atoms with Crippen LogP contribution in [0.25, 0.3) is 55.6 Å². The van der Waals surface area contributed by atoms with Gasteiger partial charge in [-0.2, -0.15) is 0 Å². The quantitative estimate of drug-likeness (QED) is 0.127. The van der Waals surface area contributed by atoms with Gasteiger partial charge in [0.05, 0.1) is 11.4 Å². The Morgan fingerprint density at radius 3 is 1.22 bits per heavy atom. The monoisotopic (exact) mass is 1060 g/mol. The van der Waals surface area contributed by atoms with Crippen LogP contribution >= 0.6 is 0 Å². The molecule has 16 rings (SSSR count). The highest BCUT2D eigenvalue weighted by Crippen LogP contribution is 2.56. The predicted molar refractivity (Wildman–Crippen MR) is 351 cm³/mol. The zero-order valence-electron chi connectivity index (χ0n) is 45.5. The van der Waals surface area contributed by atoms with Gasteiger partial charge < -0.3 is 19.6 Å². The lowest BCUT2D eigenvalue weighted by Crippen LogP contribution is -2.61. The first kappa shape index (κ1) is 48.1. The molecule has 83 heavy (non-hydrogen) atoms. The first-order valence-electron chi connectivity index (χ1n) is 28.6. The average molecular weight is 1060 g/mol. The van der Waals surface area contributed by atoms with E-state index in [1.807, 2.05) is 0 Å². The van der Waals surface area contributed by atoms with Gasteiger partial charge in [0, 0.05) is 68.0 Å². The number of fused-ring (bicyclic) bond motifs is 9. The fraction of sp³-hybridized carbons (Fsp3) is 0. The van der Waals surface area contributed by atoms with Gasteiger partial charge in [-0.25, -0.2) is 0 Å². The molecule has 0 saturated heterocycles. The summed E-state index contributed by atoms with van der Waals surface area (Å²) in [5.74, 6) is 0. The van der Waals surface area contributed by atoms with Crippen LogP contribution in [0.15, 0.2) is 322 Å². The summed E-state index contributed by atoms with van der Waals surface area (Å²) in [7, 11) is 0. The molecule has 0 fully saturated rings. The molecule has 3 heterocycles. The lowest BCUT2D eigenvalue weighted by atomic mass is 9.33. The molecule has 0 N–H and O–H groups in total. The summed E-state index contributed by atoms with van der Waals surface area (Å²) in [5, 5.41) is 0. The van der Waals surface area contributed by atoms with Crippen molar-refractivity contribution >= 4 is 91.3 Å². The number of nitrogens with zero attached hydrogens (tertiary/aromatic N) is 4. The van der Waals surface area contributed by atoms with Crippen molar-refractivity contribution in [2.45, 2.75) is 0 Å². The molecule has 3 aliphatic heterocycles. The SMILES string of the molecule is c1ccc(-c2cccc(N3c4cc(N(c5ccccc5)c5ccccc5)ccc4B4c5cc(-c6ccccc6)cc6c5N(c5ccc(-c7ccccc7)cc5-c5ccccc5-6)c5cc(N(c6ccccc6)c6ccccc6)cc3c54)c2)cc1. The highest BCUT2D eigenvalue weighted by atomic mass is 15.2. The molecule has 0 aliphatic carbocycles. The number of benzene rings is 13. The molecule has 0 amide bonds. The van der Waals surface area contributed by atoms with E-state index in [2.05, 4.69) is 341 Å². The second-order valence-corrected chi connectivity index (χ2v) is 21.6. The molecule has 0 bridgehead atoms. The minimum Gasteiger partial charge on any atom is -0.311 e. The van der Waals surface area contributed by atoms with Crippen molar-refractivity contribution in [3.05, 3.63) is 322 Å². The molecule has 0 radical (unpaired) electrons. The summed E-state index contributed by atoms with van der Waals surface area (Å²) in [4.78, 5) is 10.0. The fourth-order valence-corrected chi connectivity index (χ4v) is 13.3. The number of hydrogen-bond acceptors (Lipinski definition) is 4. The van der Waals surface area contributed by atoms with Crippen LogP contribution in [0.5, 0.6) is 0 Å². The molecule has 13 aromatic carbocycles. The van der Waals surface area contributed by atoms with Gasteiger partial charge in [0.15, 0.2) is 0 Å². The normalized spacial score (nSPS) is 12.3. The van der Waals surface area contributed by atoms with E-state index in [9.17, 15) is 0 Å². The molecule has 4 nitrogen and oxygen atoms in total. The Morgan fingerprint density at radius 1 is 0.229 bits per heavy atom. The third kappa shape index (κ3) is 8.16. The maximum absolute atomic E-state index is 2.64. The van der Waals surface area contributed by atoms with E-state index in [0.717, 1.165) is 73.7 Å². The fourth-order valence-electron chi connectivity index (χ4n) is 13.3. The van der Waals surface area contributed by atoms with Crippen molar-refractivity contribution in [3.8, 4) is 55.6 Å². The van der Waals surface area contributed by atoms with Gasteiger partial charge in [-0.15, -0.1) is 0 Å². The van der Waals surface area contributed by atoms with E-state index in [1.54, 1.807) is 0 Å². The van der Waals surface area contributed by atoms with E-state index in [4.69, 9.17) is 0 Å². The van der Waals surface area contributed by atoms with Gasteiger partial charge in [0.2, 0.25) is 0 Å². The topological polar surface area (TPSA) is 13.0 Å². The lowest BCUT2D eigenvalue weighted by molar-refractivity contribution is 1.22. The molecule has 5 heteroatoms. The minimum absolute atomic E-state index is 0.193. The smallest absolute Gasteiger partial charge is 0.252 e. The summed E-state index contributed by atoms with van der Waals surface area (Å²) in [6.07, 6.45) is 0. The highest BCUT2D eigenvalue weighted by molar-refractivity contribution is 7.00. The summed E-state index contributed by atoms with van der Waals surface area (Å²) in [6.45, 7) is -0.193. The number of para-hydroxylation sites is 4. The molecule has 388 valence electrons. The Bertz CT molecular complexity index is 4480. The van der Waals surface area contributed by atoms with Crippen LogP contribution in [0.1, 0.15) is 0 Å². The molecule has 0 aromatic heterocycles. The lowest BCUT2D eigenvalue weighted by Gasteiger charge is -2.46. The summed E-state index contributed by atoms with van der Waals surface area (Å²) >= 11 is 0. The van der Waals surface area contributed by atoms with E-state index < -0.39 is 0 Å². The van der Waals surface area contributed by atoms with Crippen LogP contribution in [0, 0.1) is 0 Å². The number of hydrogen-bond donors (Lipinski definition) is 0. The van der Waals surface area contributed by atoms with Crippen molar-refractivity contribution in [3.63, 3.8) is 0 Å². The molecule has 3 aliphatic rings. The minimum atomic E-state index is -0.193. The van der Waals surface area contributed by atoms with Gasteiger partial charge in [-0.3, -0.25) is 0 Å². The molecule has 0 saturated carbocycles. The van der Waals surface area contributed by atoms with Crippen LogP contribution in [-0.4, -0.2) is 6.71 Å². The number of rotatable bonds is 10. The van der Waals surface area contributed by atoms with Crippen molar-refractivity contribution in [2.24, 2.45) is 0 Å². The van der Waals surface area contributed by atoms with Crippen LogP contribution in [0.4, 0.5) is 68.2 Å². The van der Waals surface area contributed by atoms with Gasteiger partial charge in [-0.1, -0.05) is 218 Å². The summed E-state index contributed by atoms with van der Waals surface area (Å²) in [6, 6.07) is 118.